The summed E-state index contributed by atoms with van der Waals surface area (Å²) in [7, 11) is 0. The molecule has 2 heterocycles. The lowest BCUT2D eigenvalue weighted by atomic mass is 10.2. The van der Waals surface area contributed by atoms with E-state index in [1.54, 1.807) is 17.5 Å². The van der Waals surface area contributed by atoms with Crippen molar-refractivity contribution in [2.75, 3.05) is 0 Å². The van der Waals surface area contributed by atoms with Crippen LogP contribution in [-0.2, 0) is 6.54 Å². The smallest absolute Gasteiger partial charge is 0.254 e. The van der Waals surface area contributed by atoms with Gasteiger partial charge in [-0.2, -0.15) is 16.4 Å². The fourth-order valence-electron chi connectivity index (χ4n) is 1.22. The van der Waals surface area contributed by atoms with Crippen molar-refractivity contribution in [1.29, 1.82) is 0 Å². The van der Waals surface area contributed by atoms with Crippen molar-refractivity contribution >= 4 is 17.2 Å². The number of rotatable bonds is 3. The number of aromatic nitrogens is 2. The second-order valence-electron chi connectivity index (χ2n) is 3.25. The number of nitrogens with one attached hydrogen (secondary N) is 2. The standard InChI is InChI=1S/C10H11N3OS/c1-7-5-15-6-9(7)2-11-10(14)8-3-12-13-4-8/h3-6H,2H2,1H3,(H,11,14)(H,12,13). The first-order valence-corrected chi connectivity index (χ1v) is 5.50. The minimum atomic E-state index is -0.102. The molecule has 0 aliphatic heterocycles. The Morgan fingerprint density at radius 1 is 1.60 bits per heavy atom. The van der Waals surface area contributed by atoms with E-state index in [1.807, 2.05) is 12.3 Å². The van der Waals surface area contributed by atoms with Crippen LogP contribution in [0.2, 0.25) is 0 Å². The monoisotopic (exact) mass is 221 g/mol. The third-order valence-electron chi connectivity index (χ3n) is 2.16. The highest BCUT2D eigenvalue weighted by Crippen LogP contribution is 2.13. The van der Waals surface area contributed by atoms with Gasteiger partial charge in [0.15, 0.2) is 0 Å². The van der Waals surface area contributed by atoms with E-state index in [2.05, 4.69) is 20.9 Å². The third-order valence-corrected chi connectivity index (χ3v) is 3.07. The Morgan fingerprint density at radius 3 is 3.07 bits per heavy atom. The van der Waals surface area contributed by atoms with Crippen molar-refractivity contribution in [3.63, 3.8) is 0 Å². The van der Waals surface area contributed by atoms with E-state index < -0.39 is 0 Å². The van der Waals surface area contributed by atoms with Gasteiger partial charge in [-0.1, -0.05) is 0 Å². The van der Waals surface area contributed by atoms with Crippen molar-refractivity contribution in [1.82, 2.24) is 15.5 Å². The molecule has 0 saturated heterocycles. The summed E-state index contributed by atoms with van der Waals surface area (Å²) in [5.41, 5.74) is 2.94. The molecule has 0 saturated carbocycles. The molecular weight excluding hydrogens is 210 g/mol. The fourth-order valence-corrected chi connectivity index (χ4v) is 2.08. The number of amides is 1. The van der Waals surface area contributed by atoms with Crippen LogP contribution in [0.5, 0.6) is 0 Å². The quantitative estimate of drug-likeness (QED) is 0.829. The molecule has 0 aliphatic rings. The normalized spacial score (nSPS) is 10.2. The maximum atomic E-state index is 11.5. The SMILES string of the molecule is Cc1cscc1CNC(=O)c1cn[nH]c1. The molecule has 0 aromatic carbocycles. The minimum absolute atomic E-state index is 0.102. The van der Waals surface area contributed by atoms with Gasteiger partial charge in [0, 0.05) is 12.7 Å². The number of carbonyl (C=O) groups is 1. The lowest BCUT2D eigenvalue weighted by Gasteiger charge is -2.02. The highest BCUT2D eigenvalue weighted by molar-refractivity contribution is 7.08. The number of carbonyl (C=O) groups excluding carboxylic acids is 1. The summed E-state index contributed by atoms with van der Waals surface area (Å²) in [6, 6.07) is 0. The number of hydrogen-bond acceptors (Lipinski definition) is 3. The summed E-state index contributed by atoms with van der Waals surface area (Å²) in [6.45, 7) is 2.61. The summed E-state index contributed by atoms with van der Waals surface area (Å²) in [4.78, 5) is 11.5. The Kier molecular flexibility index (Phi) is 2.82. The van der Waals surface area contributed by atoms with Crippen molar-refractivity contribution in [3.05, 3.63) is 39.8 Å². The zero-order valence-corrected chi connectivity index (χ0v) is 9.10. The predicted octanol–water partition coefficient (Wildman–Crippen LogP) is 1.71. The first kappa shape index (κ1) is 9.92. The highest BCUT2D eigenvalue weighted by atomic mass is 32.1. The summed E-state index contributed by atoms with van der Waals surface area (Å²) in [5, 5.41) is 13.3. The zero-order valence-electron chi connectivity index (χ0n) is 8.28. The Balaban J connectivity index is 1.95. The largest absolute Gasteiger partial charge is 0.348 e. The molecule has 0 unspecified atom stereocenters. The van der Waals surface area contributed by atoms with E-state index in [4.69, 9.17) is 0 Å². The van der Waals surface area contributed by atoms with Gasteiger partial charge in [-0.3, -0.25) is 9.89 Å². The van der Waals surface area contributed by atoms with Gasteiger partial charge in [0.2, 0.25) is 0 Å². The number of H-pyrrole nitrogens is 1. The van der Waals surface area contributed by atoms with Gasteiger partial charge in [-0.05, 0) is 28.8 Å². The molecule has 15 heavy (non-hydrogen) atoms. The number of hydrogen-bond donors (Lipinski definition) is 2. The summed E-state index contributed by atoms with van der Waals surface area (Å²) in [6.07, 6.45) is 3.09. The Bertz CT molecular complexity index is 447. The van der Waals surface area contributed by atoms with Crippen molar-refractivity contribution in [2.24, 2.45) is 0 Å². The maximum Gasteiger partial charge on any atom is 0.254 e. The molecule has 2 aromatic rings. The highest BCUT2D eigenvalue weighted by Gasteiger charge is 2.06. The maximum absolute atomic E-state index is 11.5. The Labute approximate surface area is 91.3 Å². The van der Waals surface area contributed by atoms with Crippen LogP contribution in [-0.4, -0.2) is 16.1 Å². The number of aryl methyl sites for hydroxylation is 1. The fraction of sp³-hybridized carbons (Fsp3) is 0.200. The van der Waals surface area contributed by atoms with E-state index in [0.717, 1.165) is 5.56 Å². The lowest BCUT2D eigenvalue weighted by molar-refractivity contribution is 0.0951. The molecule has 78 valence electrons. The van der Waals surface area contributed by atoms with Crippen LogP contribution >= 0.6 is 11.3 Å². The molecule has 1 amide bonds. The average molecular weight is 221 g/mol. The molecule has 5 heteroatoms. The van der Waals surface area contributed by atoms with Crippen molar-refractivity contribution < 1.29 is 4.79 Å². The van der Waals surface area contributed by atoms with Crippen LogP contribution in [0.4, 0.5) is 0 Å². The summed E-state index contributed by atoms with van der Waals surface area (Å²) >= 11 is 1.65. The van der Waals surface area contributed by atoms with E-state index in [1.165, 1.54) is 11.8 Å². The molecule has 4 nitrogen and oxygen atoms in total. The minimum Gasteiger partial charge on any atom is -0.348 e. The number of aromatic amines is 1. The van der Waals surface area contributed by atoms with Gasteiger partial charge in [-0.25, -0.2) is 0 Å². The van der Waals surface area contributed by atoms with Gasteiger partial charge in [0.1, 0.15) is 0 Å². The Hall–Kier alpha value is -1.62. The topological polar surface area (TPSA) is 57.8 Å². The Morgan fingerprint density at radius 2 is 2.47 bits per heavy atom. The molecule has 0 fully saturated rings. The third kappa shape index (κ3) is 2.24. The molecule has 0 atom stereocenters. The van der Waals surface area contributed by atoms with Gasteiger partial charge < -0.3 is 5.32 Å². The van der Waals surface area contributed by atoms with E-state index in [9.17, 15) is 4.79 Å². The second kappa shape index (κ2) is 4.27. The van der Waals surface area contributed by atoms with Gasteiger partial charge in [0.25, 0.3) is 5.91 Å². The summed E-state index contributed by atoms with van der Waals surface area (Å²) < 4.78 is 0. The molecule has 0 radical (unpaired) electrons. The van der Waals surface area contributed by atoms with Crippen LogP contribution in [0, 0.1) is 6.92 Å². The molecular formula is C10H11N3OS. The second-order valence-corrected chi connectivity index (χ2v) is 3.99. The molecule has 2 rings (SSSR count). The zero-order chi connectivity index (χ0) is 10.7. The molecule has 0 aliphatic carbocycles. The van der Waals surface area contributed by atoms with E-state index in [0.29, 0.717) is 12.1 Å². The van der Waals surface area contributed by atoms with Gasteiger partial charge >= 0.3 is 0 Å². The average Bonchev–Trinajstić information content (AvgIpc) is 2.85. The summed E-state index contributed by atoms with van der Waals surface area (Å²) in [5.74, 6) is -0.102. The molecule has 0 bridgehead atoms. The predicted molar refractivity (Wildman–Crippen MR) is 58.8 cm³/mol. The van der Waals surface area contributed by atoms with Crippen LogP contribution in [0.1, 0.15) is 21.5 Å². The molecule has 2 aromatic heterocycles. The molecule has 0 spiro atoms. The van der Waals surface area contributed by atoms with Crippen LogP contribution in [0.15, 0.2) is 23.2 Å². The van der Waals surface area contributed by atoms with Crippen LogP contribution in [0.25, 0.3) is 0 Å². The number of thiophene rings is 1. The first-order valence-electron chi connectivity index (χ1n) is 4.56. The van der Waals surface area contributed by atoms with Crippen LogP contribution in [0.3, 0.4) is 0 Å². The van der Waals surface area contributed by atoms with Crippen molar-refractivity contribution in [2.45, 2.75) is 13.5 Å². The van der Waals surface area contributed by atoms with E-state index >= 15 is 0 Å². The van der Waals surface area contributed by atoms with Crippen molar-refractivity contribution in [3.8, 4) is 0 Å². The van der Waals surface area contributed by atoms with Crippen LogP contribution < -0.4 is 5.32 Å². The van der Waals surface area contributed by atoms with E-state index in [-0.39, 0.29) is 5.91 Å². The first-order chi connectivity index (χ1) is 7.27. The molecule has 2 N–H and O–H groups in total. The number of nitrogens with zero attached hydrogens (tertiary/aromatic N) is 1. The lowest BCUT2D eigenvalue weighted by Crippen LogP contribution is -2.22. The van der Waals surface area contributed by atoms with Gasteiger partial charge in [-0.15, -0.1) is 0 Å². The van der Waals surface area contributed by atoms with Gasteiger partial charge in [0.05, 0.1) is 11.8 Å².